The minimum atomic E-state index is -0.976. The molecular formula is C24H15BrFNO4. The lowest BCUT2D eigenvalue weighted by Gasteiger charge is -2.25. The van der Waals surface area contributed by atoms with Gasteiger partial charge in [0.2, 0.25) is 5.76 Å². The zero-order valence-corrected chi connectivity index (χ0v) is 17.9. The average Bonchev–Trinajstić information content (AvgIpc) is 3.07. The van der Waals surface area contributed by atoms with Gasteiger partial charge in [0.1, 0.15) is 17.1 Å². The fourth-order valence-corrected chi connectivity index (χ4v) is 4.32. The number of carbonyl (C=O) groups is 1. The smallest absolute Gasteiger partial charge is 0.295 e. The van der Waals surface area contributed by atoms with Crippen LogP contribution < -0.4 is 15.1 Å². The molecule has 0 spiro atoms. The topological polar surface area (TPSA) is 59.8 Å². The van der Waals surface area contributed by atoms with Gasteiger partial charge in [-0.3, -0.25) is 14.5 Å². The van der Waals surface area contributed by atoms with Gasteiger partial charge < -0.3 is 9.15 Å². The Hall–Kier alpha value is -3.45. The maximum Gasteiger partial charge on any atom is 0.295 e. The molecule has 0 fully saturated rings. The van der Waals surface area contributed by atoms with Crippen molar-refractivity contribution in [1.29, 1.82) is 0 Å². The van der Waals surface area contributed by atoms with Crippen molar-refractivity contribution in [2.75, 3.05) is 12.0 Å². The molecule has 1 aromatic heterocycles. The number of hydrogen-bond acceptors (Lipinski definition) is 4. The van der Waals surface area contributed by atoms with Gasteiger partial charge in [-0.25, -0.2) is 4.39 Å². The van der Waals surface area contributed by atoms with E-state index >= 15 is 0 Å². The minimum absolute atomic E-state index is 0.0871. The molecule has 3 aromatic carbocycles. The van der Waals surface area contributed by atoms with Crippen molar-refractivity contribution in [3.05, 3.63) is 104 Å². The van der Waals surface area contributed by atoms with Crippen LogP contribution >= 0.6 is 15.9 Å². The molecule has 1 aliphatic rings. The van der Waals surface area contributed by atoms with Gasteiger partial charge in [-0.2, -0.15) is 0 Å². The number of nitrogens with zero attached hydrogens (tertiary/aromatic N) is 1. The predicted molar refractivity (Wildman–Crippen MR) is 118 cm³/mol. The quantitative estimate of drug-likeness (QED) is 0.391. The van der Waals surface area contributed by atoms with Crippen molar-refractivity contribution < 1.29 is 18.3 Å². The molecule has 1 amide bonds. The molecule has 0 saturated carbocycles. The zero-order chi connectivity index (χ0) is 21.7. The Bertz CT molecular complexity index is 1410. The molecule has 7 heteroatoms. The minimum Gasteiger partial charge on any atom is -0.497 e. The van der Waals surface area contributed by atoms with E-state index < -0.39 is 17.8 Å². The maximum absolute atomic E-state index is 14.9. The Kier molecular flexibility index (Phi) is 4.63. The predicted octanol–water partition coefficient (Wildman–Crippen LogP) is 5.45. The van der Waals surface area contributed by atoms with Crippen molar-refractivity contribution in [3.8, 4) is 5.75 Å². The SMILES string of the molecule is COc1cccc(N2C(=O)c3oc4ccc(Br)cc4c(=O)c3C2c2ccccc2F)c1. The molecule has 0 saturated heterocycles. The maximum atomic E-state index is 14.9. The van der Waals surface area contributed by atoms with Gasteiger partial charge in [0.15, 0.2) is 5.43 Å². The molecule has 0 radical (unpaired) electrons. The van der Waals surface area contributed by atoms with Gasteiger partial charge in [0.05, 0.1) is 24.1 Å². The van der Waals surface area contributed by atoms with Gasteiger partial charge in [0.25, 0.3) is 5.91 Å². The summed E-state index contributed by atoms with van der Waals surface area (Å²) in [5.41, 5.74) is 0.709. The van der Waals surface area contributed by atoms with Crippen molar-refractivity contribution in [2.45, 2.75) is 6.04 Å². The van der Waals surface area contributed by atoms with Gasteiger partial charge in [-0.05, 0) is 36.4 Å². The molecule has 154 valence electrons. The number of anilines is 1. The summed E-state index contributed by atoms with van der Waals surface area (Å²) in [5.74, 6) is -0.592. The Morgan fingerprint density at radius 3 is 2.61 bits per heavy atom. The fourth-order valence-electron chi connectivity index (χ4n) is 3.96. The first kappa shape index (κ1) is 19.5. The van der Waals surface area contributed by atoms with E-state index in [0.717, 1.165) is 0 Å². The molecule has 5 rings (SSSR count). The summed E-state index contributed by atoms with van der Waals surface area (Å²) >= 11 is 3.36. The molecule has 0 bridgehead atoms. The number of amides is 1. The molecule has 5 nitrogen and oxygen atoms in total. The standard InChI is InChI=1S/C24H15BrFNO4/c1-30-15-6-4-5-14(12-15)27-21(16-7-2-3-8-18(16)26)20-22(28)17-11-13(25)9-10-19(17)31-23(20)24(27)29/h2-12,21H,1H3. The summed E-state index contributed by atoms with van der Waals surface area (Å²) < 4.78 is 26.8. The van der Waals surface area contributed by atoms with Gasteiger partial charge in [0, 0.05) is 21.8 Å². The monoisotopic (exact) mass is 479 g/mol. The Balaban J connectivity index is 1.84. The second-order valence-corrected chi connectivity index (χ2v) is 8.03. The summed E-state index contributed by atoms with van der Waals surface area (Å²) in [7, 11) is 1.52. The lowest BCUT2D eigenvalue weighted by atomic mass is 9.97. The first-order valence-corrected chi connectivity index (χ1v) is 10.3. The third-order valence-corrected chi connectivity index (χ3v) is 5.86. The first-order chi connectivity index (χ1) is 15.0. The highest BCUT2D eigenvalue weighted by molar-refractivity contribution is 9.10. The second kappa shape index (κ2) is 7.35. The number of carbonyl (C=O) groups excluding carboxylic acids is 1. The molecule has 0 N–H and O–H groups in total. The Morgan fingerprint density at radius 2 is 1.84 bits per heavy atom. The number of methoxy groups -OCH3 is 1. The molecule has 1 aliphatic heterocycles. The van der Waals surface area contributed by atoms with Crippen molar-refractivity contribution in [3.63, 3.8) is 0 Å². The van der Waals surface area contributed by atoms with Crippen LogP contribution in [0.1, 0.15) is 27.7 Å². The number of rotatable bonds is 3. The Morgan fingerprint density at radius 1 is 1.03 bits per heavy atom. The van der Waals surface area contributed by atoms with Crippen LogP contribution in [0.3, 0.4) is 0 Å². The molecule has 1 unspecified atom stereocenters. The van der Waals surface area contributed by atoms with Gasteiger partial charge >= 0.3 is 0 Å². The van der Waals surface area contributed by atoms with Crippen LogP contribution in [-0.2, 0) is 0 Å². The number of hydrogen-bond donors (Lipinski definition) is 0. The van der Waals surface area contributed by atoms with Crippen LogP contribution in [0.2, 0.25) is 0 Å². The van der Waals surface area contributed by atoms with Crippen LogP contribution in [0.4, 0.5) is 10.1 Å². The summed E-state index contributed by atoms with van der Waals surface area (Å²) in [5, 5.41) is 0.315. The summed E-state index contributed by atoms with van der Waals surface area (Å²) in [6.07, 6.45) is 0. The zero-order valence-electron chi connectivity index (χ0n) is 16.3. The molecule has 31 heavy (non-hydrogen) atoms. The fraction of sp³-hybridized carbons (Fsp3) is 0.0833. The lowest BCUT2D eigenvalue weighted by molar-refractivity contribution is 0.0971. The molecule has 2 heterocycles. The van der Waals surface area contributed by atoms with Crippen LogP contribution in [0.25, 0.3) is 11.0 Å². The highest BCUT2D eigenvalue weighted by Crippen LogP contribution is 2.42. The highest BCUT2D eigenvalue weighted by atomic mass is 79.9. The van der Waals surface area contributed by atoms with E-state index in [9.17, 15) is 14.0 Å². The third-order valence-electron chi connectivity index (χ3n) is 5.36. The first-order valence-electron chi connectivity index (χ1n) is 9.48. The van der Waals surface area contributed by atoms with E-state index in [1.807, 2.05) is 0 Å². The summed E-state index contributed by atoms with van der Waals surface area (Å²) in [6.45, 7) is 0. The molecular weight excluding hydrogens is 465 g/mol. The van der Waals surface area contributed by atoms with E-state index in [0.29, 0.717) is 26.9 Å². The van der Waals surface area contributed by atoms with Gasteiger partial charge in [-0.15, -0.1) is 0 Å². The van der Waals surface area contributed by atoms with Crippen LogP contribution in [0.5, 0.6) is 5.75 Å². The van der Waals surface area contributed by atoms with E-state index in [2.05, 4.69) is 15.9 Å². The van der Waals surface area contributed by atoms with E-state index in [1.165, 1.54) is 18.1 Å². The average molecular weight is 480 g/mol. The number of benzene rings is 3. The molecule has 0 aliphatic carbocycles. The number of halogens is 2. The Labute approximate surface area is 184 Å². The number of ether oxygens (including phenoxy) is 1. The van der Waals surface area contributed by atoms with E-state index in [4.69, 9.17) is 9.15 Å². The normalized spacial score (nSPS) is 15.4. The van der Waals surface area contributed by atoms with Gasteiger partial charge in [-0.1, -0.05) is 40.2 Å². The second-order valence-electron chi connectivity index (χ2n) is 7.12. The number of fused-ring (bicyclic) bond motifs is 2. The van der Waals surface area contributed by atoms with Crippen molar-refractivity contribution in [2.24, 2.45) is 0 Å². The third kappa shape index (κ3) is 3.04. The highest BCUT2D eigenvalue weighted by Gasteiger charge is 2.44. The molecule has 1 atom stereocenters. The summed E-state index contributed by atoms with van der Waals surface area (Å²) in [6, 6.07) is 17.0. The van der Waals surface area contributed by atoms with Crippen LogP contribution in [0, 0.1) is 5.82 Å². The van der Waals surface area contributed by atoms with E-state index in [1.54, 1.807) is 60.7 Å². The van der Waals surface area contributed by atoms with E-state index in [-0.39, 0.29) is 22.3 Å². The molecule has 4 aromatic rings. The summed E-state index contributed by atoms with van der Waals surface area (Å²) in [4.78, 5) is 28.4. The largest absolute Gasteiger partial charge is 0.497 e. The lowest BCUT2D eigenvalue weighted by Crippen LogP contribution is -2.30. The van der Waals surface area contributed by atoms with Crippen molar-refractivity contribution >= 4 is 38.5 Å². The van der Waals surface area contributed by atoms with Crippen LogP contribution in [0.15, 0.2) is 80.4 Å². The van der Waals surface area contributed by atoms with Crippen LogP contribution in [-0.4, -0.2) is 13.0 Å². The van der Waals surface area contributed by atoms with Crippen molar-refractivity contribution in [1.82, 2.24) is 0 Å².